The number of hydrazine groups is 1. The Morgan fingerprint density at radius 1 is 1.48 bits per heavy atom. The first-order valence-corrected chi connectivity index (χ1v) is 7.18. The largest absolute Gasteiger partial charge is 0.486 e. The number of halogens is 1. The molecule has 0 saturated carbocycles. The Morgan fingerprint density at radius 2 is 2.24 bits per heavy atom. The van der Waals surface area contributed by atoms with Crippen molar-refractivity contribution in [1.29, 1.82) is 0 Å². The molecule has 0 aliphatic carbocycles. The lowest BCUT2D eigenvalue weighted by Crippen LogP contribution is -2.45. The molecule has 0 bridgehead atoms. The minimum absolute atomic E-state index is 0.288. The van der Waals surface area contributed by atoms with Crippen LogP contribution in [0.25, 0.3) is 0 Å². The van der Waals surface area contributed by atoms with E-state index in [2.05, 4.69) is 10.5 Å². The Hall–Kier alpha value is -1.76. The van der Waals surface area contributed by atoms with Gasteiger partial charge in [-0.2, -0.15) is 5.10 Å². The molecule has 1 aliphatic heterocycles. The number of benzene rings is 1. The third kappa shape index (κ3) is 2.57. The van der Waals surface area contributed by atoms with Gasteiger partial charge in [-0.25, -0.2) is 5.43 Å². The zero-order valence-electron chi connectivity index (χ0n) is 11.6. The Balaban J connectivity index is 1.90. The summed E-state index contributed by atoms with van der Waals surface area (Å²) in [7, 11) is 0. The first-order valence-electron chi connectivity index (χ1n) is 6.80. The first-order chi connectivity index (χ1) is 10.2. The highest BCUT2D eigenvalue weighted by atomic mass is 35.5. The van der Waals surface area contributed by atoms with Gasteiger partial charge in [0, 0.05) is 6.54 Å². The van der Waals surface area contributed by atoms with Gasteiger partial charge in [0.05, 0.1) is 16.9 Å². The molecule has 2 unspecified atom stereocenters. The maximum absolute atomic E-state index is 6.24. The number of nitrogens with zero attached hydrogens (tertiary/aromatic N) is 2. The quantitative estimate of drug-likeness (QED) is 0.666. The molecule has 2 atom stereocenters. The predicted octanol–water partition coefficient (Wildman–Crippen LogP) is 1.90. The van der Waals surface area contributed by atoms with Crippen molar-refractivity contribution in [2.45, 2.75) is 25.6 Å². The number of nitrogens with two attached hydrogens (primary N) is 1. The van der Waals surface area contributed by atoms with Gasteiger partial charge in [-0.3, -0.25) is 10.5 Å². The van der Waals surface area contributed by atoms with E-state index in [1.165, 1.54) is 0 Å². The lowest BCUT2D eigenvalue weighted by molar-refractivity contribution is 0.0592. The van der Waals surface area contributed by atoms with E-state index in [0.29, 0.717) is 23.9 Å². The molecule has 3 N–H and O–H groups in total. The highest BCUT2D eigenvalue weighted by molar-refractivity contribution is 6.31. The summed E-state index contributed by atoms with van der Waals surface area (Å²) in [6.45, 7) is 3.08. The molecule has 3 rings (SSSR count). The molecule has 0 spiro atoms. The van der Waals surface area contributed by atoms with Crippen molar-refractivity contribution >= 4 is 11.6 Å². The van der Waals surface area contributed by atoms with Gasteiger partial charge < -0.3 is 9.47 Å². The highest BCUT2D eigenvalue weighted by Gasteiger charge is 2.33. The second-order valence-electron chi connectivity index (χ2n) is 4.75. The van der Waals surface area contributed by atoms with E-state index in [-0.39, 0.29) is 12.1 Å². The molecule has 1 aliphatic rings. The summed E-state index contributed by atoms with van der Waals surface area (Å²) in [6.07, 6.45) is 1.33. The van der Waals surface area contributed by atoms with Gasteiger partial charge in [-0.1, -0.05) is 23.7 Å². The summed E-state index contributed by atoms with van der Waals surface area (Å²) in [5.41, 5.74) is 3.57. The van der Waals surface area contributed by atoms with Gasteiger partial charge in [-0.05, 0) is 19.1 Å². The fourth-order valence-electron chi connectivity index (χ4n) is 2.50. The Kier molecular flexibility index (Phi) is 4.01. The number of hydrogen-bond acceptors (Lipinski definition) is 5. The number of nitrogens with one attached hydrogen (secondary N) is 1. The van der Waals surface area contributed by atoms with E-state index in [4.69, 9.17) is 26.9 Å². The van der Waals surface area contributed by atoms with E-state index < -0.39 is 0 Å². The van der Waals surface area contributed by atoms with E-state index >= 15 is 0 Å². The zero-order chi connectivity index (χ0) is 14.8. The lowest BCUT2D eigenvalue weighted by Gasteiger charge is -2.32. The van der Waals surface area contributed by atoms with Crippen LogP contribution >= 0.6 is 11.6 Å². The van der Waals surface area contributed by atoms with Gasteiger partial charge in [0.2, 0.25) is 0 Å². The molecule has 0 saturated heterocycles. The molecule has 6 nitrogen and oxygen atoms in total. The van der Waals surface area contributed by atoms with Gasteiger partial charge in [0.15, 0.2) is 17.6 Å². The molecular weight excluding hydrogens is 292 g/mol. The van der Waals surface area contributed by atoms with Crippen LogP contribution in [0.3, 0.4) is 0 Å². The van der Waals surface area contributed by atoms with Gasteiger partial charge >= 0.3 is 0 Å². The van der Waals surface area contributed by atoms with E-state index in [9.17, 15) is 0 Å². The van der Waals surface area contributed by atoms with Crippen LogP contribution in [0.4, 0.5) is 0 Å². The second kappa shape index (κ2) is 5.93. The average molecular weight is 309 g/mol. The van der Waals surface area contributed by atoms with Crippen LogP contribution < -0.4 is 20.7 Å². The molecule has 7 heteroatoms. The van der Waals surface area contributed by atoms with Crippen LogP contribution in [0.1, 0.15) is 18.7 Å². The maximum Gasteiger partial charge on any atom is 0.161 e. The predicted molar refractivity (Wildman–Crippen MR) is 79.3 cm³/mol. The van der Waals surface area contributed by atoms with Crippen LogP contribution in [0, 0.1) is 0 Å². The second-order valence-corrected chi connectivity index (χ2v) is 5.16. The van der Waals surface area contributed by atoms with Crippen LogP contribution in [-0.4, -0.2) is 22.5 Å². The van der Waals surface area contributed by atoms with Crippen molar-refractivity contribution in [3.8, 4) is 11.5 Å². The van der Waals surface area contributed by atoms with Crippen molar-refractivity contribution < 1.29 is 9.47 Å². The van der Waals surface area contributed by atoms with Crippen molar-refractivity contribution in [3.05, 3.63) is 41.2 Å². The Bertz CT molecular complexity index is 631. The number of aromatic nitrogens is 2. The summed E-state index contributed by atoms with van der Waals surface area (Å²) in [5, 5.41) is 4.79. The zero-order valence-corrected chi connectivity index (χ0v) is 12.4. The smallest absolute Gasteiger partial charge is 0.161 e. The monoisotopic (exact) mass is 308 g/mol. The summed E-state index contributed by atoms with van der Waals surface area (Å²) >= 11 is 6.24. The molecular formula is C14H17ClN4O2. The Labute approximate surface area is 127 Å². The highest BCUT2D eigenvalue weighted by Crippen LogP contribution is 2.35. The number of para-hydroxylation sites is 2. The van der Waals surface area contributed by atoms with E-state index in [1.807, 2.05) is 31.2 Å². The standard InChI is InChI=1S/C14H17ClN4O2/c1-2-19-14(9(15)7-17-19)13(18-16)12-8-20-10-5-3-4-6-11(10)21-12/h3-7,12-13,18H,2,8,16H2,1H3. The molecule has 0 fully saturated rings. The number of hydrogen-bond donors (Lipinski definition) is 2. The Morgan fingerprint density at radius 3 is 2.95 bits per heavy atom. The molecule has 0 radical (unpaired) electrons. The van der Waals surface area contributed by atoms with E-state index in [1.54, 1.807) is 10.9 Å². The lowest BCUT2D eigenvalue weighted by atomic mass is 10.1. The van der Waals surface area contributed by atoms with Crippen LogP contribution in [0.15, 0.2) is 30.5 Å². The number of ether oxygens (including phenoxy) is 2. The van der Waals surface area contributed by atoms with Gasteiger partial charge in [-0.15, -0.1) is 0 Å². The number of rotatable bonds is 4. The van der Waals surface area contributed by atoms with Gasteiger partial charge in [0.25, 0.3) is 0 Å². The molecule has 1 aromatic heterocycles. The molecule has 0 amide bonds. The van der Waals surface area contributed by atoms with Crippen LogP contribution in [-0.2, 0) is 6.54 Å². The van der Waals surface area contributed by atoms with Crippen molar-refractivity contribution in [1.82, 2.24) is 15.2 Å². The number of aryl methyl sites for hydroxylation is 1. The van der Waals surface area contributed by atoms with Crippen LogP contribution in [0.5, 0.6) is 11.5 Å². The van der Waals surface area contributed by atoms with Crippen LogP contribution in [0.2, 0.25) is 5.02 Å². The molecule has 2 heterocycles. The molecule has 21 heavy (non-hydrogen) atoms. The average Bonchev–Trinajstić information content (AvgIpc) is 2.89. The number of fused-ring (bicyclic) bond motifs is 1. The first kappa shape index (κ1) is 14.2. The summed E-state index contributed by atoms with van der Waals surface area (Å²) in [5.74, 6) is 7.16. The van der Waals surface area contributed by atoms with Gasteiger partial charge in [0.1, 0.15) is 12.6 Å². The topological polar surface area (TPSA) is 74.3 Å². The van der Waals surface area contributed by atoms with Crippen molar-refractivity contribution in [2.24, 2.45) is 5.84 Å². The fourth-order valence-corrected chi connectivity index (χ4v) is 2.75. The van der Waals surface area contributed by atoms with E-state index in [0.717, 1.165) is 11.4 Å². The maximum atomic E-state index is 6.24. The normalized spacial score (nSPS) is 18.5. The molecule has 1 aromatic carbocycles. The minimum Gasteiger partial charge on any atom is -0.486 e. The SMILES string of the molecule is CCn1ncc(Cl)c1C(NN)C1COc2ccccc2O1. The third-order valence-corrected chi connectivity index (χ3v) is 3.80. The minimum atomic E-state index is -0.312. The molecule has 2 aromatic rings. The molecule has 112 valence electrons. The summed E-state index contributed by atoms with van der Waals surface area (Å²) in [6, 6.07) is 7.24. The summed E-state index contributed by atoms with van der Waals surface area (Å²) < 4.78 is 13.5. The fraction of sp³-hybridized carbons (Fsp3) is 0.357. The van der Waals surface area contributed by atoms with Crippen molar-refractivity contribution in [2.75, 3.05) is 6.61 Å². The third-order valence-electron chi connectivity index (χ3n) is 3.51. The van der Waals surface area contributed by atoms with Crippen molar-refractivity contribution in [3.63, 3.8) is 0 Å². The summed E-state index contributed by atoms with van der Waals surface area (Å²) in [4.78, 5) is 0.